The van der Waals surface area contributed by atoms with E-state index in [1.54, 1.807) is 0 Å². The molecule has 1 aromatic rings. The summed E-state index contributed by atoms with van der Waals surface area (Å²) in [6.45, 7) is 4.25. The van der Waals surface area contributed by atoms with Crippen LogP contribution in [0.15, 0.2) is 18.2 Å². The predicted molar refractivity (Wildman–Crippen MR) is 69.7 cm³/mol. The van der Waals surface area contributed by atoms with Crippen LogP contribution in [0.4, 0.5) is 10.1 Å². The Bertz CT molecular complexity index is 471. The van der Waals surface area contributed by atoms with Crippen LogP contribution in [0.2, 0.25) is 0 Å². The van der Waals surface area contributed by atoms with Crippen molar-refractivity contribution in [1.82, 2.24) is 5.32 Å². The van der Waals surface area contributed by atoms with Crippen LogP contribution in [0.3, 0.4) is 0 Å². The van der Waals surface area contributed by atoms with Gasteiger partial charge in [0, 0.05) is 11.7 Å². The van der Waals surface area contributed by atoms with Crippen LogP contribution in [0.1, 0.15) is 43.5 Å². The van der Waals surface area contributed by atoms with Crippen molar-refractivity contribution in [3.8, 4) is 0 Å². The summed E-state index contributed by atoms with van der Waals surface area (Å²) in [5.41, 5.74) is 6.08. The van der Waals surface area contributed by atoms with Crippen molar-refractivity contribution in [2.45, 2.75) is 39.2 Å². The number of nitrogens with two attached hydrogens (primary N) is 1. The van der Waals surface area contributed by atoms with E-state index in [0.717, 1.165) is 19.3 Å². The van der Waals surface area contributed by atoms with Gasteiger partial charge in [0.1, 0.15) is 5.82 Å². The molecular weight excluding hydrogens is 231 g/mol. The summed E-state index contributed by atoms with van der Waals surface area (Å²) in [6, 6.07) is 4.16. The first-order valence-electron chi connectivity index (χ1n) is 6.26. The zero-order chi connectivity index (χ0) is 13.3. The zero-order valence-corrected chi connectivity index (χ0v) is 10.8. The summed E-state index contributed by atoms with van der Waals surface area (Å²) in [5, 5.41) is 2.92. The van der Waals surface area contributed by atoms with Gasteiger partial charge in [0.05, 0.1) is 5.56 Å². The highest BCUT2D eigenvalue weighted by atomic mass is 19.1. The quantitative estimate of drug-likeness (QED) is 0.793. The third kappa shape index (κ3) is 2.47. The smallest absolute Gasteiger partial charge is 0.254 e. The second-order valence-corrected chi connectivity index (χ2v) is 5.65. The van der Waals surface area contributed by atoms with Crippen LogP contribution < -0.4 is 11.1 Å². The van der Waals surface area contributed by atoms with Gasteiger partial charge in [-0.3, -0.25) is 4.79 Å². The Hall–Kier alpha value is -1.58. The summed E-state index contributed by atoms with van der Waals surface area (Å²) >= 11 is 0. The minimum Gasteiger partial charge on any atom is -0.399 e. The first-order chi connectivity index (χ1) is 8.40. The predicted octanol–water partition coefficient (Wildman–Crippen LogP) is 2.72. The Morgan fingerprint density at radius 1 is 1.50 bits per heavy atom. The average molecular weight is 250 g/mol. The number of hydrogen-bond acceptors (Lipinski definition) is 2. The van der Waals surface area contributed by atoms with Gasteiger partial charge in [0.2, 0.25) is 0 Å². The van der Waals surface area contributed by atoms with E-state index in [9.17, 15) is 9.18 Å². The molecule has 0 heterocycles. The summed E-state index contributed by atoms with van der Waals surface area (Å²) in [7, 11) is 0. The van der Waals surface area contributed by atoms with Crippen LogP contribution in [-0.4, -0.2) is 11.9 Å². The summed E-state index contributed by atoms with van der Waals surface area (Å²) in [6.07, 6.45) is 3.12. The molecule has 1 unspecified atom stereocenters. The summed E-state index contributed by atoms with van der Waals surface area (Å²) in [5.74, 6) is -0.905. The van der Waals surface area contributed by atoms with Crippen molar-refractivity contribution in [3.63, 3.8) is 0 Å². The van der Waals surface area contributed by atoms with Gasteiger partial charge in [-0.1, -0.05) is 20.3 Å². The SMILES string of the molecule is CC1(C)CCCC1NC(=O)c1cc(N)ccc1F. The lowest BCUT2D eigenvalue weighted by atomic mass is 9.87. The number of anilines is 1. The third-order valence-electron chi connectivity index (χ3n) is 3.80. The zero-order valence-electron chi connectivity index (χ0n) is 10.8. The van der Waals surface area contributed by atoms with Gasteiger partial charge in [0.15, 0.2) is 0 Å². The maximum Gasteiger partial charge on any atom is 0.254 e. The highest BCUT2D eigenvalue weighted by Crippen LogP contribution is 2.37. The number of amides is 1. The molecule has 3 nitrogen and oxygen atoms in total. The highest BCUT2D eigenvalue weighted by molar-refractivity contribution is 5.95. The van der Waals surface area contributed by atoms with Gasteiger partial charge in [0.25, 0.3) is 5.91 Å². The molecule has 1 amide bonds. The number of nitrogens with one attached hydrogen (secondary N) is 1. The molecule has 0 radical (unpaired) electrons. The van der Waals surface area contributed by atoms with Crippen molar-refractivity contribution in [2.75, 3.05) is 5.73 Å². The first kappa shape index (κ1) is 12.9. The van der Waals surface area contributed by atoms with E-state index < -0.39 is 5.82 Å². The monoisotopic (exact) mass is 250 g/mol. The molecule has 1 aliphatic rings. The fourth-order valence-electron chi connectivity index (χ4n) is 2.55. The van der Waals surface area contributed by atoms with Crippen molar-refractivity contribution >= 4 is 11.6 Å². The van der Waals surface area contributed by atoms with Gasteiger partial charge in [-0.25, -0.2) is 4.39 Å². The van der Waals surface area contributed by atoms with Crippen LogP contribution >= 0.6 is 0 Å². The Morgan fingerprint density at radius 3 is 2.83 bits per heavy atom. The van der Waals surface area contributed by atoms with E-state index in [-0.39, 0.29) is 22.9 Å². The van der Waals surface area contributed by atoms with Gasteiger partial charge in [-0.15, -0.1) is 0 Å². The molecule has 1 aromatic carbocycles. The molecule has 1 fully saturated rings. The van der Waals surface area contributed by atoms with E-state index in [0.29, 0.717) is 5.69 Å². The lowest BCUT2D eigenvalue weighted by molar-refractivity contribution is 0.0906. The number of rotatable bonds is 2. The lowest BCUT2D eigenvalue weighted by Gasteiger charge is -2.27. The van der Waals surface area contributed by atoms with Crippen LogP contribution in [0, 0.1) is 11.2 Å². The highest BCUT2D eigenvalue weighted by Gasteiger charge is 2.35. The molecule has 1 aliphatic carbocycles. The Morgan fingerprint density at radius 2 is 2.22 bits per heavy atom. The fraction of sp³-hybridized carbons (Fsp3) is 0.500. The minimum absolute atomic E-state index is 0.0256. The van der Waals surface area contributed by atoms with E-state index in [2.05, 4.69) is 19.2 Å². The fourth-order valence-corrected chi connectivity index (χ4v) is 2.55. The summed E-state index contributed by atoms with van der Waals surface area (Å²) in [4.78, 5) is 12.1. The normalized spacial score (nSPS) is 21.8. The minimum atomic E-state index is -0.530. The molecule has 2 rings (SSSR count). The van der Waals surface area contributed by atoms with E-state index >= 15 is 0 Å². The third-order valence-corrected chi connectivity index (χ3v) is 3.80. The van der Waals surface area contributed by atoms with E-state index in [1.807, 2.05) is 0 Å². The Labute approximate surface area is 107 Å². The Balaban J connectivity index is 2.15. The number of carbonyl (C=O) groups excluding carboxylic acids is 1. The van der Waals surface area contributed by atoms with Gasteiger partial charge in [-0.2, -0.15) is 0 Å². The second-order valence-electron chi connectivity index (χ2n) is 5.65. The molecular formula is C14H19FN2O. The molecule has 0 spiro atoms. The van der Waals surface area contributed by atoms with Crippen molar-refractivity contribution in [1.29, 1.82) is 0 Å². The van der Waals surface area contributed by atoms with Crippen LogP contribution in [-0.2, 0) is 0 Å². The lowest BCUT2D eigenvalue weighted by Crippen LogP contribution is -2.41. The van der Waals surface area contributed by atoms with Crippen molar-refractivity contribution < 1.29 is 9.18 Å². The topological polar surface area (TPSA) is 55.1 Å². The molecule has 4 heteroatoms. The average Bonchev–Trinajstić information content (AvgIpc) is 2.62. The number of nitrogen functional groups attached to an aromatic ring is 1. The first-order valence-corrected chi connectivity index (χ1v) is 6.26. The second kappa shape index (κ2) is 4.59. The van der Waals surface area contributed by atoms with Gasteiger partial charge >= 0.3 is 0 Å². The molecule has 1 atom stereocenters. The standard InChI is InChI=1S/C14H19FN2O/c1-14(2)7-3-4-12(14)17-13(18)10-8-9(16)5-6-11(10)15/h5-6,8,12H,3-4,7,16H2,1-2H3,(H,17,18). The number of halogens is 1. The summed E-state index contributed by atoms with van der Waals surface area (Å²) < 4.78 is 13.6. The number of carbonyl (C=O) groups is 1. The number of hydrogen-bond donors (Lipinski definition) is 2. The van der Waals surface area contributed by atoms with Crippen LogP contribution in [0.25, 0.3) is 0 Å². The molecule has 0 aromatic heterocycles. The van der Waals surface area contributed by atoms with Crippen LogP contribution in [0.5, 0.6) is 0 Å². The van der Waals surface area contributed by atoms with Crippen molar-refractivity contribution in [2.24, 2.45) is 5.41 Å². The maximum atomic E-state index is 13.6. The number of benzene rings is 1. The molecule has 18 heavy (non-hydrogen) atoms. The molecule has 0 saturated heterocycles. The Kier molecular flexibility index (Phi) is 3.28. The van der Waals surface area contributed by atoms with Crippen molar-refractivity contribution in [3.05, 3.63) is 29.6 Å². The van der Waals surface area contributed by atoms with E-state index in [4.69, 9.17) is 5.73 Å². The van der Waals surface area contributed by atoms with Gasteiger partial charge < -0.3 is 11.1 Å². The molecule has 3 N–H and O–H groups in total. The van der Waals surface area contributed by atoms with E-state index in [1.165, 1.54) is 18.2 Å². The molecule has 0 aliphatic heterocycles. The molecule has 98 valence electrons. The molecule has 0 bridgehead atoms. The largest absolute Gasteiger partial charge is 0.399 e. The molecule has 1 saturated carbocycles. The van der Waals surface area contributed by atoms with Gasteiger partial charge in [-0.05, 0) is 36.5 Å². The maximum absolute atomic E-state index is 13.6.